The second kappa shape index (κ2) is 6.00. The van der Waals surface area contributed by atoms with Crippen molar-refractivity contribution in [2.45, 2.75) is 32.1 Å². The zero-order chi connectivity index (χ0) is 13.0. The van der Waals surface area contributed by atoms with Crippen LogP contribution in [0.5, 0.6) is 0 Å². The highest BCUT2D eigenvalue weighted by molar-refractivity contribution is 5.73. The Morgan fingerprint density at radius 3 is 2.67 bits per heavy atom. The maximum Gasteiger partial charge on any atom is 0.346 e. The molecule has 0 aromatic heterocycles. The summed E-state index contributed by atoms with van der Waals surface area (Å²) >= 11 is 0. The molecule has 5 nitrogen and oxygen atoms in total. The van der Waals surface area contributed by atoms with Gasteiger partial charge in [0.25, 0.3) is 0 Å². The number of rotatable bonds is 7. The van der Waals surface area contributed by atoms with Crippen LogP contribution in [0.3, 0.4) is 0 Å². The predicted molar refractivity (Wildman–Crippen MR) is 62.4 cm³/mol. The lowest BCUT2D eigenvalue weighted by Crippen LogP contribution is -2.21. The van der Waals surface area contributed by atoms with Crippen molar-refractivity contribution in [3.05, 3.63) is 12.2 Å². The van der Waals surface area contributed by atoms with Crippen molar-refractivity contribution in [1.82, 2.24) is 0 Å². The Labute approximate surface area is 106 Å². The molecule has 3 atom stereocenters. The Hall–Kier alpha value is -1.36. The van der Waals surface area contributed by atoms with Crippen LogP contribution in [0.2, 0.25) is 0 Å². The number of carboxylic acids is 1. The van der Waals surface area contributed by atoms with Gasteiger partial charge in [0.15, 0.2) is 0 Å². The van der Waals surface area contributed by atoms with E-state index in [2.05, 4.69) is 12.2 Å². The lowest BCUT2D eigenvalue weighted by molar-refractivity contribution is -0.277. The molecular formula is C13H18O5. The minimum Gasteiger partial charge on any atom is -0.481 e. The molecule has 18 heavy (non-hydrogen) atoms. The molecule has 0 heterocycles. The van der Waals surface area contributed by atoms with E-state index >= 15 is 0 Å². The number of hydrogen-bond donors (Lipinski definition) is 1. The summed E-state index contributed by atoms with van der Waals surface area (Å²) in [6, 6.07) is 0. The second-order valence-electron chi connectivity index (χ2n) is 4.96. The predicted octanol–water partition coefficient (Wildman–Crippen LogP) is 1.93. The Kier molecular flexibility index (Phi) is 4.36. The third-order valence-electron chi connectivity index (χ3n) is 3.59. The number of fused-ring (bicyclic) bond motifs is 2. The molecule has 5 heteroatoms. The summed E-state index contributed by atoms with van der Waals surface area (Å²) in [6.45, 7) is 0.260. The van der Waals surface area contributed by atoms with Crippen molar-refractivity contribution in [3.63, 3.8) is 0 Å². The fraction of sp³-hybridized carbons (Fsp3) is 0.692. The average molecular weight is 254 g/mol. The maximum absolute atomic E-state index is 11.7. The lowest BCUT2D eigenvalue weighted by Gasteiger charge is -2.15. The maximum atomic E-state index is 11.7. The molecule has 2 rings (SSSR count). The molecule has 2 bridgehead atoms. The van der Waals surface area contributed by atoms with Crippen LogP contribution in [-0.2, 0) is 19.4 Å². The highest BCUT2D eigenvalue weighted by Gasteiger charge is 2.41. The van der Waals surface area contributed by atoms with E-state index in [9.17, 15) is 9.59 Å². The van der Waals surface area contributed by atoms with E-state index in [4.69, 9.17) is 14.9 Å². The normalized spacial score (nSPS) is 28.6. The topological polar surface area (TPSA) is 72.8 Å². The van der Waals surface area contributed by atoms with Crippen LogP contribution >= 0.6 is 0 Å². The van der Waals surface area contributed by atoms with E-state index in [0.717, 1.165) is 12.8 Å². The first-order valence-corrected chi connectivity index (χ1v) is 6.40. The summed E-state index contributed by atoms with van der Waals surface area (Å²) in [4.78, 5) is 31.6. The summed E-state index contributed by atoms with van der Waals surface area (Å²) < 4.78 is 0. The van der Waals surface area contributed by atoms with Crippen molar-refractivity contribution in [1.29, 1.82) is 0 Å². The molecule has 0 amide bonds. The first kappa shape index (κ1) is 13.1. The van der Waals surface area contributed by atoms with Gasteiger partial charge in [0, 0.05) is 6.42 Å². The molecule has 2 aliphatic rings. The minimum absolute atomic E-state index is 0.0565. The van der Waals surface area contributed by atoms with Crippen LogP contribution in [-0.4, -0.2) is 23.7 Å². The summed E-state index contributed by atoms with van der Waals surface area (Å²) in [5, 5.41) is 8.43. The fourth-order valence-corrected chi connectivity index (χ4v) is 2.65. The van der Waals surface area contributed by atoms with Gasteiger partial charge in [0.2, 0.25) is 0 Å². The van der Waals surface area contributed by atoms with E-state index in [1.54, 1.807) is 0 Å². The van der Waals surface area contributed by atoms with Crippen LogP contribution < -0.4 is 0 Å². The van der Waals surface area contributed by atoms with Crippen molar-refractivity contribution >= 4 is 11.9 Å². The van der Waals surface area contributed by atoms with Crippen molar-refractivity contribution in [3.8, 4) is 0 Å². The van der Waals surface area contributed by atoms with Gasteiger partial charge in [-0.25, -0.2) is 4.79 Å². The van der Waals surface area contributed by atoms with Crippen LogP contribution in [0.1, 0.15) is 32.1 Å². The highest BCUT2D eigenvalue weighted by atomic mass is 17.2. The van der Waals surface area contributed by atoms with Crippen LogP contribution in [0.4, 0.5) is 0 Å². The van der Waals surface area contributed by atoms with Gasteiger partial charge in [0.05, 0.1) is 12.5 Å². The lowest BCUT2D eigenvalue weighted by atomic mass is 9.94. The Bertz CT molecular complexity index is 349. The standard InChI is InChI=1S/C13H18O5/c14-12(15)3-1-2-6-17-18-13(16)11-8-9-4-5-10(11)7-9/h4-5,9-11H,1-3,6-8H2,(H,14,15). The Morgan fingerprint density at radius 1 is 1.22 bits per heavy atom. The number of carboxylic acid groups (broad SMARTS) is 1. The molecule has 0 aromatic rings. The van der Waals surface area contributed by atoms with Gasteiger partial charge in [-0.05, 0) is 37.5 Å². The van der Waals surface area contributed by atoms with Gasteiger partial charge < -0.3 is 5.11 Å². The first-order valence-electron chi connectivity index (χ1n) is 6.40. The minimum atomic E-state index is -0.819. The second-order valence-corrected chi connectivity index (χ2v) is 4.96. The van der Waals surface area contributed by atoms with Gasteiger partial charge in [-0.15, -0.1) is 0 Å². The number of hydrogen-bond acceptors (Lipinski definition) is 4. The Morgan fingerprint density at radius 2 is 2.06 bits per heavy atom. The van der Waals surface area contributed by atoms with E-state index in [0.29, 0.717) is 24.7 Å². The molecule has 1 fully saturated rings. The summed E-state index contributed by atoms with van der Waals surface area (Å²) in [6.07, 6.45) is 7.41. The number of aliphatic carboxylic acids is 1. The van der Waals surface area contributed by atoms with Crippen LogP contribution in [0, 0.1) is 17.8 Å². The zero-order valence-corrected chi connectivity index (χ0v) is 10.2. The number of allylic oxidation sites excluding steroid dienone is 2. The number of carbonyl (C=O) groups excluding carboxylic acids is 1. The Balaban J connectivity index is 1.56. The summed E-state index contributed by atoms with van der Waals surface area (Å²) in [7, 11) is 0. The van der Waals surface area contributed by atoms with Crippen molar-refractivity contribution in [2.75, 3.05) is 6.61 Å². The molecule has 0 aliphatic heterocycles. The van der Waals surface area contributed by atoms with E-state index < -0.39 is 5.97 Å². The summed E-state index contributed by atoms with van der Waals surface area (Å²) in [5.74, 6) is -0.314. The molecule has 0 aromatic carbocycles. The van der Waals surface area contributed by atoms with Gasteiger partial charge >= 0.3 is 11.9 Å². The molecule has 100 valence electrons. The number of unbranched alkanes of at least 4 members (excludes halogenated alkanes) is 1. The van der Waals surface area contributed by atoms with Gasteiger partial charge in [0.1, 0.15) is 0 Å². The third-order valence-corrected chi connectivity index (χ3v) is 3.59. The quantitative estimate of drug-likeness (QED) is 0.325. The monoisotopic (exact) mass is 254 g/mol. The molecule has 1 saturated carbocycles. The zero-order valence-electron chi connectivity index (χ0n) is 10.2. The largest absolute Gasteiger partial charge is 0.481 e. The molecule has 1 N–H and O–H groups in total. The average Bonchev–Trinajstić information content (AvgIpc) is 2.94. The van der Waals surface area contributed by atoms with Gasteiger partial charge in [-0.1, -0.05) is 12.2 Å². The smallest absolute Gasteiger partial charge is 0.346 e. The molecule has 3 unspecified atom stereocenters. The van der Waals surface area contributed by atoms with Gasteiger partial charge in [-0.2, -0.15) is 4.89 Å². The molecule has 0 spiro atoms. The number of carbonyl (C=O) groups is 2. The van der Waals surface area contributed by atoms with E-state index in [1.807, 2.05) is 0 Å². The molecular weight excluding hydrogens is 236 g/mol. The highest BCUT2D eigenvalue weighted by Crippen LogP contribution is 2.43. The molecule has 0 saturated heterocycles. The summed E-state index contributed by atoms with van der Waals surface area (Å²) in [5.41, 5.74) is 0. The van der Waals surface area contributed by atoms with Gasteiger partial charge in [-0.3, -0.25) is 9.68 Å². The molecule has 2 aliphatic carbocycles. The van der Waals surface area contributed by atoms with Crippen molar-refractivity contribution in [2.24, 2.45) is 17.8 Å². The van der Waals surface area contributed by atoms with Crippen LogP contribution in [0.25, 0.3) is 0 Å². The van der Waals surface area contributed by atoms with E-state index in [-0.39, 0.29) is 24.9 Å². The van der Waals surface area contributed by atoms with Crippen molar-refractivity contribution < 1.29 is 24.5 Å². The fourth-order valence-electron chi connectivity index (χ4n) is 2.65. The first-order chi connectivity index (χ1) is 8.66. The SMILES string of the molecule is O=C(O)CCCCOOC(=O)C1CC2C=CC1C2. The van der Waals surface area contributed by atoms with Crippen LogP contribution in [0.15, 0.2) is 12.2 Å². The third kappa shape index (κ3) is 3.32. The molecule has 0 radical (unpaired) electrons. The van der Waals surface area contributed by atoms with E-state index in [1.165, 1.54) is 0 Å².